The lowest BCUT2D eigenvalue weighted by Gasteiger charge is -2.27. The van der Waals surface area contributed by atoms with Gasteiger partial charge in [0, 0.05) is 13.0 Å². The van der Waals surface area contributed by atoms with E-state index in [1.165, 1.54) is 4.90 Å². The Kier molecular flexibility index (Phi) is 9.03. The van der Waals surface area contributed by atoms with E-state index in [4.69, 9.17) is 15.9 Å². The van der Waals surface area contributed by atoms with Gasteiger partial charge in [-0.3, -0.25) is 9.59 Å². The molecule has 2 amide bonds. The van der Waals surface area contributed by atoms with Crippen molar-refractivity contribution in [3.8, 4) is 12.3 Å². The largest absolute Gasteiger partial charge is 0.465 e. The first-order chi connectivity index (χ1) is 13.2. The highest BCUT2D eigenvalue weighted by Gasteiger charge is 2.29. The van der Waals surface area contributed by atoms with Crippen molar-refractivity contribution in [1.29, 1.82) is 0 Å². The first-order valence-electron chi connectivity index (χ1n) is 9.07. The number of alkyl carbamates (subject to hydrolysis) is 1. The molecular weight excluding hydrogens is 360 g/mol. The first-order valence-corrected chi connectivity index (χ1v) is 9.07. The van der Waals surface area contributed by atoms with Crippen molar-refractivity contribution in [2.45, 2.75) is 52.3 Å². The van der Waals surface area contributed by atoms with Crippen LogP contribution >= 0.6 is 0 Å². The highest BCUT2D eigenvalue weighted by Crippen LogP contribution is 2.11. The molecule has 7 nitrogen and oxygen atoms in total. The van der Waals surface area contributed by atoms with Crippen LogP contribution in [-0.2, 0) is 25.6 Å². The monoisotopic (exact) mass is 388 g/mol. The maximum atomic E-state index is 13.0. The molecule has 0 bridgehead atoms. The second-order valence-corrected chi connectivity index (χ2v) is 7.09. The van der Waals surface area contributed by atoms with E-state index in [-0.39, 0.29) is 26.1 Å². The molecule has 0 saturated carbocycles. The molecule has 0 spiro atoms. The Labute approximate surface area is 166 Å². The molecule has 28 heavy (non-hydrogen) atoms. The minimum Gasteiger partial charge on any atom is -0.465 e. The maximum Gasteiger partial charge on any atom is 0.408 e. The van der Waals surface area contributed by atoms with Crippen LogP contribution in [0.5, 0.6) is 0 Å². The third kappa shape index (κ3) is 8.58. The van der Waals surface area contributed by atoms with Crippen LogP contribution in [0.1, 0.15) is 39.7 Å². The molecule has 1 N–H and O–H groups in total. The van der Waals surface area contributed by atoms with Crippen LogP contribution < -0.4 is 5.32 Å². The molecule has 0 saturated heterocycles. The van der Waals surface area contributed by atoms with E-state index in [1.54, 1.807) is 27.7 Å². The van der Waals surface area contributed by atoms with E-state index < -0.39 is 29.6 Å². The van der Waals surface area contributed by atoms with Crippen molar-refractivity contribution in [3.63, 3.8) is 0 Å². The normalized spacial score (nSPS) is 11.7. The molecule has 152 valence electrons. The lowest BCUT2D eigenvalue weighted by Crippen LogP contribution is -2.50. The van der Waals surface area contributed by atoms with Crippen molar-refractivity contribution >= 4 is 18.0 Å². The Hall–Kier alpha value is -3.01. The Balaban J connectivity index is 2.98. The zero-order valence-electron chi connectivity index (χ0n) is 16.9. The number of carbonyl (C=O) groups is 3. The average molecular weight is 388 g/mol. The van der Waals surface area contributed by atoms with E-state index in [2.05, 4.69) is 11.2 Å². The number of hydrogen-bond acceptors (Lipinski definition) is 5. The third-order valence-electron chi connectivity index (χ3n) is 3.46. The van der Waals surface area contributed by atoms with Gasteiger partial charge in [0.25, 0.3) is 0 Å². The van der Waals surface area contributed by atoms with Gasteiger partial charge < -0.3 is 19.7 Å². The van der Waals surface area contributed by atoms with Crippen molar-refractivity contribution in [1.82, 2.24) is 10.2 Å². The van der Waals surface area contributed by atoms with Crippen LogP contribution in [0.15, 0.2) is 30.3 Å². The van der Waals surface area contributed by atoms with E-state index >= 15 is 0 Å². The topological polar surface area (TPSA) is 84.9 Å². The van der Waals surface area contributed by atoms with Gasteiger partial charge in [-0.15, -0.1) is 12.3 Å². The zero-order valence-corrected chi connectivity index (χ0v) is 16.9. The van der Waals surface area contributed by atoms with Crippen molar-refractivity contribution < 1.29 is 23.9 Å². The van der Waals surface area contributed by atoms with Gasteiger partial charge in [0.2, 0.25) is 5.91 Å². The molecule has 0 aliphatic heterocycles. The molecule has 1 aromatic carbocycles. The number of terminal acetylenes is 1. The molecule has 0 aromatic heterocycles. The number of hydrogen-bond donors (Lipinski definition) is 1. The second kappa shape index (κ2) is 11.0. The molecule has 7 heteroatoms. The standard InChI is InChI=1S/C21H28N2O5/c1-6-11-17(22-20(26)28-21(3,4)5)19(25)23(15-18(24)27-7-2)14-16-12-9-8-10-13-16/h1,8-10,12-13,17H,7,11,14-15H2,2-5H3,(H,22,26)/t17-/m0/s1. The van der Waals surface area contributed by atoms with Crippen LogP contribution in [-0.4, -0.2) is 47.7 Å². The molecule has 0 aliphatic carbocycles. The van der Waals surface area contributed by atoms with Crippen LogP contribution in [0.25, 0.3) is 0 Å². The lowest BCUT2D eigenvalue weighted by atomic mass is 10.1. The van der Waals surface area contributed by atoms with Gasteiger partial charge in [0.1, 0.15) is 18.2 Å². The second-order valence-electron chi connectivity index (χ2n) is 7.09. The molecule has 0 heterocycles. The molecular formula is C21H28N2O5. The van der Waals surface area contributed by atoms with E-state index in [0.29, 0.717) is 0 Å². The lowest BCUT2D eigenvalue weighted by molar-refractivity contribution is -0.149. The summed E-state index contributed by atoms with van der Waals surface area (Å²) in [5.74, 6) is 1.36. The number of ether oxygens (including phenoxy) is 2. The summed E-state index contributed by atoms with van der Waals surface area (Å²) in [4.78, 5) is 38.4. The zero-order chi connectivity index (χ0) is 21.2. The van der Waals surface area contributed by atoms with Crippen molar-refractivity contribution in [2.75, 3.05) is 13.2 Å². The van der Waals surface area contributed by atoms with Crippen LogP contribution in [0.4, 0.5) is 4.79 Å². The summed E-state index contributed by atoms with van der Waals surface area (Å²) in [5.41, 5.74) is 0.111. The van der Waals surface area contributed by atoms with E-state index in [0.717, 1.165) is 5.56 Å². The fourth-order valence-corrected chi connectivity index (χ4v) is 2.37. The maximum absolute atomic E-state index is 13.0. The van der Waals surface area contributed by atoms with Gasteiger partial charge in [0.05, 0.1) is 6.61 Å². The minimum atomic E-state index is -1.02. The highest BCUT2D eigenvalue weighted by atomic mass is 16.6. The fraction of sp³-hybridized carbons (Fsp3) is 0.476. The molecule has 0 fully saturated rings. The van der Waals surface area contributed by atoms with E-state index in [9.17, 15) is 14.4 Å². The molecule has 1 rings (SSSR count). The van der Waals surface area contributed by atoms with Gasteiger partial charge in [-0.1, -0.05) is 30.3 Å². The molecule has 1 atom stereocenters. The molecule has 0 radical (unpaired) electrons. The summed E-state index contributed by atoms with van der Waals surface area (Å²) < 4.78 is 10.2. The number of nitrogens with one attached hydrogen (secondary N) is 1. The Morgan fingerprint density at radius 1 is 1.21 bits per heavy atom. The van der Waals surface area contributed by atoms with Crippen LogP contribution in [0, 0.1) is 12.3 Å². The van der Waals surface area contributed by atoms with Gasteiger partial charge in [-0.25, -0.2) is 4.79 Å². The quantitative estimate of drug-likeness (QED) is 0.546. The van der Waals surface area contributed by atoms with Gasteiger partial charge in [0.15, 0.2) is 0 Å². The third-order valence-corrected chi connectivity index (χ3v) is 3.46. The predicted octanol–water partition coefficient (Wildman–Crippen LogP) is 2.49. The highest BCUT2D eigenvalue weighted by molar-refractivity contribution is 5.88. The van der Waals surface area contributed by atoms with Gasteiger partial charge in [-0.05, 0) is 33.3 Å². The smallest absolute Gasteiger partial charge is 0.408 e. The molecule has 1 aromatic rings. The summed E-state index contributed by atoms with van der Waals surface area (Å²) in [5, 5.41) is 2.50. The van der Waals surface area contributed by atoms with Crippen LogP contribution in [0.2, 0.25) is 0 Å². The number of amides is 2. The van der Waals surface area contributed by atoms with E-state index in [1.807, 2.05) is 30.3 Å². The number of rotatable bonds is 8. The summed E-state index contributed by atoms with van der Waals surface area (Å²) in [6, 6.07) is 8.18. The number of benzene rings is 1. The summed E-state index contributed by atoms with van der Waals surface area (Å²) in [6.45, 7) is 6.96. The number of carbonyl (C=O) groups excluding carboxylic acids is 3. The summed E-state index contributed by atoms with van der Waals surface area (Å²) >= 11 is 0. The average Bonchev–Trinajstić information content (AvgIpc) is 2.59. The minimum absolute atomic E-state index is 0.0355. The number of nitrogens with zero attached hydrogens (tertiary/aromatic N) is 1. The SMILES string of the molecule is C#CC[C@H](NC(=O)OC(C)(C)C)C(=O)N(CC(=O)OCC)Cc1ccccc1. The Morgan fingerprint density at radius 3 is 2.39 bits per heavy atom. The Morgan fingerprint density at radius 2 is 1.86 bits per heavy atom. The fourth-order valence-electron chi connectivity index (χ4n) is 2.37. The first kappa shape index (κ1) is 23.0. The molecule has 0 aliphatic rings. The van der Waals surface area contributed by atoms with Crippen LogP contribution in [0.3, 0.4) is 0 Å². The van der Waals surface area contributed by atoms with Gasteiger partial charge >= 0.3 is 12.1 Å². The van der Waals surface area contributed by atoms with Gasteiger partial charge in [-0.2, -0.15) is 0 Å². The van der Waals surface area contributed by atoms with Crippen molar-refractivity contribution in [3.05, 3.63) is 35.9 Å². The Bertz CT molecular complexity index is 704. The predicted molar refractivity (Wildman–Crippen MR) is 105 cm³/mol. The summed E-state index contributed by atoms with van der Waals surface area (Å²) in [7, 11) is 0. The summed E-state index contributed by atoms with van der Waals surface area (Å²) in [6.07, 6.45) is 4.58. The molecule has 0 unspecified atom stereocenters. The number of esters is 1. The van der Waals surface area contributed by atoms with Crippen molar-refractivity contribution in [2.24, 2.45) is 0 Å².